The minimum atomic E-state index is -1.95. The quantitative estimate of drug-likeness (QED) is 0.262. The maximum absolute atomic E-state index is 12.2. The summed E-state index contributed by atoms with van der Waals surface area (Å²) in [5, 5.41) is 0. The van der Waals surface area contributed by atoms with Crippen LogP contribution >= 0.6 is 0 Å². The van der Waals surface area contributed by atoms with Crippen LogP contribution in [0.3, 0.4) is 0 Å². The van der Waals surface area contributed by atoms with E-state index < -0.39 is 11.8 Å². The standard InChI is InChI=1S/C10H14F2O4/c1-3-4-14-7-9(10(11)12)16-8-15-6-5-13-2/h1H,4-8H2,2H3. The molecule has 16 heavy (non-hydrogen) atoms. The minimum absolute atomic E-state index is 0.0509. The smallest absolute Gasteiger partial charge is 0.310 e. The zero-order valence-electron chi connectivity index (χ0n) is 9.00. The van der Waals surface area contributed by atoms with Crippen LogP contribution in [0.4, 0.5) is 8.78 Å². The predicted octanol–water partition coefficient (Wildman–Crippen LogP) is 1.38. The number of hydrogen-bond donors (Lipinski definition) is 0. The topological polar surface area (TPSA) is 36.9 Å². The van der Waals surface area contributed by atoms with Gasteiger partial charge in [-0.25, -0.2) is 0 Å². The van der Waals surface area contributed by atoms with E-state index in [0.29, 0.717) is 6.61 Å². The number of hydrogen-bond acceptors (Lipinski definition) is 4. The van der Waals surface area contributed by atoms with Crippen molar-refractivity contribution in [3.05, 3.63) is 11.8 Å². The van der Waals surface area contributed by atoms with E-state index in [1.807, 2.05) is 0 Å². The van der Waals surface area contributed by atoms with Crippen LogP contribution in [-0.4, -0.2) is 40.3 Å². The molecule has 6 heteroatoms. The minimum Gasteiger partial charge on any atom is -0.464 e. The largest absolute Gasteiger partial charge is 0.464 e. The summed E-state index contributed by atoms with van der Waals surface area (Å²) in [6, 6.07) is 0. The first-order chi connectivity index (χ1) is 7.72. The van der Waals surface area contributed by atoms with Gasteiger partial charge in [-0.2, -0.15) is 8.78 Å². The maximum atomic E-state index is 12.2. The number of methoxy groups -OCH3 is 1. The molecular weight excluding hydrogens is 222 g/mol. The molecule has 0 bridgehead atoms. The van der Waals surface area contributed by atoms with E-state index in [2.05, 4.69) is 15.4 Å². The first-order valence-corrected chi connectivity index (χ1v) is 4.47. The first kappa shape index (κ1) is 14.8. The van der Waals surface area contributed by atoms with Crippen LogP contribution in [0.1, 0.15) is 0 Å². The Hall–Kier alpha value is -1.16. The van der Waals surface area contributed by atoms with Crippen LogP contribution in [0.2, 0.25) is 0 Å². The van der Waals surface area contributed by atoms with Crippen molar-refractivity contribution < 1.29 is 27.7 Å². The highest BCUT2D eigenvalue weighted by Crippen LogP contribution is 2.09. The van der Waals surface area contributed by atoms with Gasteiger partial charge in [0, 0.05) is 7.11 Å². The van der Waals surface area contributed by atoms with Crippen LogP contribution in [0.15, 0.2) is 11.8 Å². The summed E-state index contributed by atoms with van der Waals surface area (Å²) in [7, 11) is 1.50. The highest BCUT2D eigenvalue weighted by molar-refractivity contribution is 4.94. The van der Waals surface area contributed by atoms with Crippen molar-refractivity contribution in [1.29, 1.82) is 0 Å². The van der Waals surface area contributed by atoms with Gasteiger partial charge in [0.25, 0.3) is 0 Å². The highest BCUT2D eigenvalue weighted by Gasteiger charge is 2.07. The van der Waals surface area contributed by atoms with E-state index in [-0.39, 0.29) is 26.6 Å². The lowest BCUT2D eigenvalue weighted by Crippen LogP contribution is -2.09. The lowest BCUT2D eigenvalue weighted by molar-refractivity contribution is -0.0528. The molecular formula is C10H14F2O4. The number of halogens is 2. The van der Waals surface area contributed by atoms with E-state index in [4.69, 9.17) is 15.9 Å². The average molecular weight is 236 g/mol. The van der Waals surface area contributed by atoms with E-state index in [1.165, 1.54) is 7.11 Å². The van der Waals surface area contributed by atoms with Gasteiger partial charge in [0.2, 0.25) is 0 Å². The van der Waals surface area contributed by atoms with Gasteiger partial charge in [0.15, 0.2) is 12.6 Å². The van der Waals surface area contributed by atoms with Gasteiger partial charge in [-0.3, -0.25) is 0 Å². The molecule has 0 spiro atoms. The lowest BCUT2D eigenvalue weighted by Gasteiger charge is -2.09. The van der Waals surface area contributed by atoms with E-state index in [0.717, 1.165) is 0 Å². The Morgan fingerprint density at radius 1 is 1.25 bits per heavy atom. The Morgan fingerprint density at radius 2 is 2.00 bits per heavy atom. The molecule has 0 aromatic heterocycles. The fourth-order valence-corrected chi connectivity index (χ4v) is 0.667. The van der Waals surface area contributed by atoms with Gasteiger partial charge < -0.3 is 18.9 Å². The Bertz CT molecular complexity index is 244. The average Bonchev–Trinajstić information content (AvgIpc) is 2.26. The van der Waals surface area contributed by atoms with Crippen molar-refractivity contribution in [2.24, 2.45) is 0 Å². The number of terminal acetylenes is 1. The molecule has 4 nitrogen and oxygen atoms in total. The fourth-order valence-electron chi connectivity index (χ4n) is 0.667. The van der Waals surface area contributed by atoms with Gasteiger partial charge in [-0.05, 0) is 0 Å². The Labute approximate surface area is 93.1 Å². The first-order valence-electron chi connectivity index (χ1n) is 4.47. The fraction of sp³-hybridized carbons (Fsp3) is 0.600. The second-order valence-electron chi connectivity index (χ2n) is 2.54. The van der Waals surface area contributed by atoms with Crippen molar-refractivity contribution >= 4 is 0 Å². The summed E-state index contributed by atoms with van der Waals surface area (Å²) < 4.78 is 43.4. The van der Waals surface area contributed by atoms with Crippen molar-refractivity contribution in [3.8, 4) is 12.3 Å². The molecule has 0 amide bonds. The third-order valence-electron chi connectivity index (χ3n) is 1.38. The third kappa shape index (κ3) is 8.17. The summed E-state index contributed by atoms with van der Waals surface area (Å²) in [4.78, 5) is 0. The van der Waals surface area contributed by atoms with Gasteiger partial charge in [0.05, 0.1) is 13.2 Å². The van der Waals surface area contributed by atoms with E-state index in [9.17, 15) is 8.78 Å². The Balaban J connectivity index is 3.71. The van der Waals surface area contributed by atoms with Gasteiger partial charge in [-0.1, -0.05) is 5.92 Å². The summed E-state index contributed by atoms with van der Waals surface area (Å²) in [5.74, 6) is 1.58. The monoisotopic (exact) mass is 236 g/mol. The molecule has 0 aliphatic rings. The summed E-state index contributed by atoms with van der Waals surface area (Å²) in [6.45, 7) is -0.0721. The van der Waals surface area contributed by atoms with Crippen LogP contribution in [0.25, 0.3) is 0 Å². The molecule has 0 aromatic carbocycles. The molecule has 92 valence electrons. The van der Waals surface area contributed by atoms with Crippen LogP contribution in [0, 0.1) is 12.3 Å². The number of ether oxygens (including phenoxy) is 4. The summed E-state index contributed by atoms with van der Waals surface area (Å²) in [5.41, 5.74) is 0. The van der Waals surface area contributed by atoms with Crippen LogP contribution < -0.4 is 0 Å². The zero-order valence-corrected chi connectivity index (χ0v) is 9.00. The van der Waals surface area contributed by atoms with Gasteiger partial charge in [0.1, 0.15) is 13.2 Å². The molecule has 0 N–H and O–H groups in total. The predicted molar refractivity (Wildman–Crippen MR) is 52.7 cm³/mol. The molecule has 0 aliphatic carbocycles. The van der Waals surface area contributed by atoms with Crippen LogP contribution in [-0.2, 0) is 18.9 Å². The van der Waals surface area contributed by atoms with Gasteiger partial charge >= 0.3 is 6.08 Å². The number of rotatable bonds is 9. The summed E-state index contributed by atoms with van der Waals surface area (Å²) >= 11 is 0. The SMILES string of the molecule is C#CCOCC(OCOCCOC)=C(F)F. The molecule has 0 heterocycles. The maximum Gasteiger partial charge on any atom is 0.310 e. The van der Waals surface area contributed by atoms with Crippen LogP contribution in [0.5, 0.6) is 0 Å². The molecule has 0 rings (SSSR count). The Kier molecular flexibility index (Phi) is 9.61. The van der Waals surface area contributed by atoms with Crippen molar-refractivity contribution in [1.82, 2.24) is 0 Å². The van der Waals surface area contributed by atoms with E-state index in [1.54, 1.807) is 0 Å². The molecule has 0 fully saturated rings. The van der Waals surface area contributed by atoms with Gasteiger partial charge in [-0.15, -0.1) is 6.42 Å². The molecule has 0 aliphatic heterocycles. The molecule has 0 aromatic rings. The summed E-state index contributed by atoms with van der Waals surface area (Å²) in [6.07, 6.45) is 2.94. The normalized spacial score (nSPS) is 9.62. The Morgan fingerprint density at radius 3 is 2.56 bits per heavy atom. The van der Waals surface area contributed by atoms with Crippen molar-refractivity contribution in [3.63, 3.8) is 0 Å². The third-order valence-corrected chi connectivity index (χ3v) is 1.38. The molecule has 0 saturated heterocycles. The molecule has 0 saturated carbocycles. The van der Waals surface area contributed by atoms with Crippen molar-refractivity contribution in [2.45, 2.75) is 0 Å². The molecule has 0 unspecified atom stereocenters. The molecule has 0 radical (unpaired) electrons. The highest BCUT2D eigenvalue weighted by atomic mass is 19.3. The second-order valence-corrected chi connectivity index (χ2v) is 2.54. The van der Waals surface area contributed by atoms with E-state index >= 15 is 0 Å². The van der Waals surface area contributed by atoms with Crippen molar-refractivity contribution in [2.75, 3.05) is 40.3 Å². The lowest BCUT2D eigenvalue weighted by atomic mass is 10.6. The zero-order chi connectivity index (χ0) is 12.2. The second kappa shape index (κ2) is 10.4. The molecule has 0 atom stereocenters.